The van der Waals surface area contributed by atoms with Gasteiger partial charge in [-0.15, -0.1) is 21.6 Å². The molecule has 0 amide bonds. The van der Waals surface area contributed by atoms with Crippen molar-refractivity contribution in [3.8, 4) is 0 Å². The highest BCUT2D eigenvalue weighted by Crippen LogP contribution is 2.40. The van der Waals surface area contributed by atoms with Crippen LogP contribution in [0.1, 0.15) is 56.5 Å². The Kier molecular flexibility index (Phi) is 5.02. The third-order valence-corrected chi connectivity index (χ3v) is 6.69. The third-order valence-electron chi connectivity index (χ3n) is 5.41. The van der Waals surface area contributed by atoms with Crippen LogP contribution in [0.4, 0.5) is 16.4 Å². The van der Waals surface area contributed by atoms with E-state index in [1.807, 2.05) is 0 Å². The molecule has 1 aromatic carbocycles. The molecule has 0 radical (unpaired) electrons. The normalized spacial score (nSPS) is 15.6. The zero-order valence-corrected chi connectivity index (χ0v) is 17.2. The number of ether oxygens (including phenoxy) is 1. The van der Waals surface area contributed by atoms with Crippen LogP contribution in [-0.2, 0) is 17.6 Å². The lowest BCUT2D eigenvalue weighted by Crippen LogP contribution is -2.34. The molecule has 146 valence electrons. The van der Waals surface area contributed by atoms with E-state index < -0.39 is 5.97 Å². The minimum absolute atomic E-state index is 0.0904. The van der Waals surface area contributed by atoms with Gasteiger partial charge in [0.2, 0.25) is 0 Å². The van der Waals surface area contributed by atoms with Gasteiger partial charge in [-0.1, -0.05) is 0 Å². The number of azo groups is 1. The van der Waals surface area contributed by atoms with E-state index in [0.29, 0.717) is 21.0 Å². The highest BCUT2D eigenvalue weighted by Gasteiger charge is 2.25. The summed E-state index contributed by atoms with van der Waals surface area (Å²) < 4.78 is 4.88. The third kappa shape index (κ3) is 3.24. The Balaban J connectivity index is 1.73. The number of hydrogen-bond donors (Lipinski definition) is 0. The lowest BCUT2D eigenvalue weighted by molar-refractivity contribution is 0.0601. The average Bonchev–Trinajstić information content (AvgIpc) is 3.03. The predicted octanol–water partition coefficient (Wildman–Crippen LogP) is 5.16. The summed E-state index contributed by atoms with van der Waals surface area (Å²) in [7, 11) is 1.33. The van der Waals surface area contributed by atoms with Gasteiger partial charge in [-0.2, -0.15) is 0 Å². The van der Waals surface area contributed by atoms with E-state index >= 15 is 0 Å². The molecule has 0 atom stereocenters. The zero-order valence-electron chi connectivity index (χ0n) is 16.4. The van der Waals surface area contributed by atoms with Crippen LogP contribution in [0.15, 0.2) is 22.4 Å². The predicted molar refractivity (Wildman–Crippen MR) is 110 cm³/mol. The molecule has 0 saturated carbocycles. The van der Waals surface area contributed by atoms with Crippen molar-refractivity contribution >= 4 is 39.5 Å². The van der Waals surface area contributed by atoms with Crippen LogP contribution in [-0.4, -0.2) is 32.0 Å². The Bertz CT molecular complexity index is 962. The summed E-state index contributed by atoms with van der Waals surface area (Å²) >= 11 is 1.19. The molecule has 2 aromatic rings. The fraction of sp³-hybridized carbons (Fsp3) is 0.429. The second-order valence-corrected chi connectivity index (χ2v) is 8.29. The molecule has 6 nitrogen and oxygen atoms in total. The lowest BCUT2D eigenvalue weighted by atomic mass is 9.91. The number of nitrogens with zero attached hydrogens (tertiary/aromatic N) is 3. The number of benzene rings is 1. The average molecular weight is 398 g/mol. The molecule has 1 aromatic heterocycles. The van der Waals surface area contributed by atoms with E-state index in [4.69, 9.17) is 4.74 Å². The zero-order chi connectivity index (χ0) is 19.8. The number of rotatable bonds is 4. The van der Waals surface area contributed by atoms with Crippen LogP contribution in [0.2, 0.25) is 0 Å². The first-order valence-electron chi connectivity index (χ1n) is 9.54. The molecule has 0 bridgehead atoms. The summed E-state index contributed by atoms with van der Waals surface area (Å²) in [5, 5.41) is 9.20. The lowest BCUT2D eigenvalue weighted by Gasteiger charge is -2.36. The van der Waals surface area contributed by atoms with Crippen LogP contribution in [0.5, 0.6) is 0 Å². The van der Waals surface area contributed by atoms with Crippen molar-refractivity contribution in [3.63, 3.8) is 0 Å². The second kappa shape index (κ2) is 7.47. The largest absolute Gasteiger partial charge is 0.465 e. The maximum Gasteiger partial charge on any atom is 0.341 e. The van der Waals surface area contributed by atoms with Gasteiger partial charge >= 0.3 is 5.97 Å². The van der Waals surface area contributed by atoms with Gasteiger partial charge in [0.15, 0.2) is 10.8 Å². The number of carbonyl (C=O) groups is 2. The minimum atomic E-state index is -0.494. The van der Waals surface area contributed by atoms with Gasteiger partial charge in [0.05, 0.1) is 17.7 Å². The van der Waals surface area contributed by atoms with E-state index in [9.17, 15) is 9.59 Å². The molecule has 0 aliphatic carbocycles. The van der Waals surface area contributed by atoms with E-state index in [-0.39, 0.29) is 5.78 Å². The van der Waals surface area contributed by atoms with Crippen molar-refractivity contribution in [2.45, 2.75) is 39.5 Å². The quantitative estimate of drug-likeness (QED) is 0.406. The number of carbonyl (C=O) groups excluding carboxylic acids is 2. The highest BCUT2D eigenvalue weighted by molar-refractivity contribution is 7.18. The van der Waals surface area contributed by atoms with E-state index in [0.717, 1.165) is 44.5 Å². The molecule has 4 rings (SSSR count). The molecule has 3 heterocycles. The summed E-state index contributed by atoms with van der Waals surface area (Å²) in [5.41, 5.74) is 5.78. The Morgan fingerprint density at radius 2 is 1.75 bits per heavy atom. The number of ketones is 1. The molecular formula is C21H23N3O3S. The van der Waals surface area contributed by atoms with Crippen molar-refractivity contribution in [2.75, 3.05) is 25.1 Å². The van der Waals surface area contributed by atoms with Crippen molar-refractivity contribution in [3.05, 3.63) is 39.3 Å². The maximum absolute atomic E-state index is 12.2. The molecule has 0 N–H and O–H groups in total. The summed E-state index contributed by atoms with van der Waals surface area (Å²) in [4.78, 5) is 27.1. The molecule has 2 aliphatic heterocycles. The Morgan fingerprint density at radius 1 is 1.11 bits per heavy atom. The number of anilines is 1. The number of Topliss-reactive ketones (excluding diaryl/α,β-unsaturated/α-hetero) is 1. The van der Waals surface area contributed by atoms with Crippen LogP contribution in [0, 0.1) is 6.92 Å². The molecule has 7 heteroatoms. The van der Waals surface area contributed by atoms with Gasteiger partial charge in [-0.25, -0.2) is 4.79 Å². The van der Waals surface area contributed by atoms with Crippen molar-refractivity contribution in [2.24, 2.45) is 10.2 Å². The highest BCUT2D eigenvalue weighted by atomic mass is 32.1. The number of hydrogen-bond acceptors (Lipinski definition) is 7. The standard InChI is InChI=1S/C21H23N3O3S/c1-12-17(21(26)27-3)20(28-19(12)13(2)25)23-22-16-10-14-6-4-8-24-9-5-7-15(11-16)18(14)24/h10-11H,4-9H2,1-3H3. The van der Waals surface area contributed by atoms with Crippen LogP contribution in [0.25, 0.3) is 0 Å². The molecule has 28 heavy (non-hydrogen) atoms. The van der Waals surface area contributed by atoms with Crippen LogP contribution in [0.3, 0.4) is 0 Å². The second-order valence-electron chi connectivity index (χ2n) is 7.29. The van der Waals surface area contributed by atoms with Crippen LogP contribution >= 0.6 is 11.3 Å². The Labute approximate surface area is 168 Å². The molecule has 0 unspecified atom stereocenters. The molecular weight excluding hydrogens is 374 g/mol. The number of thiophene rings is 1. The number of aryl methyl sites for hydroxylation is 2. The first kappa shape index (κ1) is 18.8. The molecule has 0 spiro atoms. The van der Waals surface area contributed by atoms with Gasteiger partial charge in [0.1, 0.15) is 5.56 Å². The summed E-state index contributed by atoms with van der Waals surface area (Å²) in [5.74, 6) is -0.584. The molecule has 0 saturated heterocycles. The SMILES string of the molecule is COC(=O)c1c(N=Nc2cc3c4c(c2)CCCN4CCC3)sc(C(C)=O)c1C. The first-order valence-corrected chi connectivity index (χ1v) is 10.4. The summed E-state index contributed by atoms with van der Waals surface area (Å²) in [6.45, 7) is 5.49. The Morgan fingerprint density at radius 3 is 2.32 bits per heavy atom. The maximum atomic E-state index is 12.2. The van der Waals surface area contributed by atoms with Gasteiger partial charge in [0, 0.05) is 18.8 Å². The fourth-order valence-corrected chi connectivity index (χ4v) is 5.21. The van der Waals surface area contributed by atoms with E-state index in [1.165, 1.54) is 42.2 Å². The van der Waals surface area contributed by atoms with Gasteiger partial charge in [-0.3, -0.25) is 4.79 Å². The van der Waals surface area contributed by atoms with Gasteiger partial charge in [0.25, 0.3) is 0 Å². The van der Waals surface area contributed by atoms with Crippen molar-refractivity contribution < 1.29 is 14.3 Å². The minimum Gasteiger partial charge on any atom is -0.465 e. The fourth-order valence-electron chi connectivity index (χ4n) is 4.19. The number of methoxy groups -OCH3 is 1. The smallest absolute Gasteiger partial charge is 0.341 e. The van der Waals surface area contributed by atoms with Crippen molar-refractivity contribution in [1.29, 1.82) is 0 Å². The topological polar surface area (TPSA) is 71.3 Å². The van der Waals surface area contributed by atoms with Gasteiger partial charge in [-0.05, 0) is 68.4 Å². The van der Waals surface area contributed by atoms with E-state index in [1.54, 1.807) is 6.92 Å². The summed E-state index contributed by atoms with van der Waals surface area (Å²) in [6.07, 6.45) is 4.43. The first-order chi connectivity index (χ1) is 13.5. The van der Waals surface area contributed by atoms with Gasteiger partial charge < -0.3 is 9.64 Å². The van der Waals surface area contributed by atoms with E-state index in [2.05, 4.69) is 27.3 Å². The monoisotopic (exact) mass is 397 g/mol. The van der Waals surface area contributed by atoms with Crippen molar-refractivity contribution in [1.82, 2.24) is 0 Å². The summed E-state index contributed by atoms with van der Waals surface area (Å²) in [6, 6.07) is 4.20. The Hall–Kier alpha value is -2.54. The van der Waals surface area contributed by atoms with Crippen LogP contribution < -0.4 is 4.90 Å². The molecule has 0 fully saturated rings. The molecule has 2 aliphatic rings. The number of esters is 1.